The van der Waals surface area contributed by atoms with E-state index in [-0.39, 0.29) is 34.6 Å². The van der Waals surface area contributed by atoms with E-state index in [0.717, 1.165) is 39.0 Å². The van der Waals surface area contributed by atoms with Crippen molar-refractivity contribution in [1.82, 2.24) is 30.4 Å². The maximum absolute atomic E-state index is 14.2. The molecule has 40 heavy (non-hydrogen) atoms. The summed E-state index contributed by atoms with van der Waals surface area (Å²) in [5.74, 6) is 0.934. The number of rotatable bonds is 8. The van der Waals surface area contributed by atoms with E-state index in [1.807, 2.05) is 27.0 Å². The van der Waals surface area contributed by atoms with Crippen LogP contribution in [0.25, 0.3) is 0 Å². The number of hydrogen-bond donors (Lipinski definition) is 1. The van der Waals surface area contributed by atoms with Crippen LogP contribution in [0, 0.1) is 17.2 Å². The third-order valence-electron chi connectivity index (χ3n) is 8.56. The van der Waals surface area contributed by atoms with Crippen LogP contribution in [0.1, 0.15) is 60.8 Å². The Balaban J connectivity index is 1.13. The zero-order valence-corrected chi connectivity index (χ0v) is 23.4. The van der Waals surface area contributed by atoms with Crippen molar-refractivity contribution in [2.45, 2.75) is 59.0 Å². The van der Waals surface area contributed by atoms with Gasteiger partial charge in [0, 0.05) is 62.5 Å². The number of fused-ring (bicyclic) bond motifs is 1. The van der Waals surface area contributed by atoms with E-state index in [4.69, 9.17) is 4.74 Å². The summed E-state index contributed by atoms with van der Waals surface area (Å²) in [6, 6.07) is 6.12. The summed E-state index contributed by atoms with van der Waals surface area (Å²) in [6.45, 7) is 9.93. The van der Waals surface area contributed by atoms with Crippen LogP contribution in [-0.4, -0.2) is 63.2 Å². The fourth-order valence-corrected chi connectivity index (χ4v) is 6.72. The molecule has 4 heterocycles. The molecule has 2 fully saturated rings. The Morgan fingerprint density at radius 2 is 2.08 bits per heavy atom. The highest BCUT2D eigenvalue weighted by Crippen LogP contribution is 2.54. The lowest BCUT2D eigenvalue weighted by Gasteiger charge is -2.59. The standard InChI is InChI=1S/C30H36FN7O2/c1-4-38(19(2)3)29(39)23-12-22(31)5-6-26(23)40-28-27(34-18-35-36-28)37-16-30(17-37)13-20(14-30)11-21-7-10-33-25-8-9-32-15-24(21)25/h5-7,10,12,18-20,32H,4,8-9,11,13-17H2,1-3H3. The van der Waals surface area contributed by atoms with Crippen molar-refractivity contribution in [3.05, 3.63) is 65.0 Å². The van der Waals surface area contributed by atoms with Crippen molar-refractivity contribution in [3.8, 4) is 11.6 Å². The third kappa shape index (κ3) is 5.00. The summed E-state index contributed by atoms with van der Waals surface area (Å²) in [7, 11) is 0. The van der Waals surface area contributed by atoms with Gasteiger partial charge in [0.05, 0.1) is 5.56 Å². The minimum Gasteiger partial charge on any atom is -0.434 e. The fourth-order valence-electron chi connectivity index (χ4n) is 6.72. The number of nitrogens with zero attached hydrogens (tertiary/aromatic N) is 6. The van der Waals surface area contributed by atoms with E-state index in [1.54, 1.807) is 4.90 Å². The van der Waals surface area contributed by atoms with Crippen molar-refractivity contribution in [2.75, 3.05) is 31.1 Å². The van der Waals surface area contributed by atoms with E-state index < -0.39 is 5.82 Å². The molecule has 1 amide bonds. The van der Waals surface area contributed by atoms with E-state index in [1.165, 1.54) is 54.2 Å². The van der Waals surface area contributed by atoms with Crippen LogP contribution in [0.5, 0.6) is 11.6 Å². The molecule has 1 saturated carbocycles. The lowest BCUT2D eigenvalue weighted by atomic mass is 9.56. The topological polar surface area (TPSA) is 96.4 Å². The number of carbonyl (C=O) groups excluding carboxylic acids is 1. The van der Waals surface area contributed by atoms with Gasteiger partial charge in [0.25, 0.3) is 11.8 Å². The van der Waals surface area contributed by atoms with Gasteiger partial charge in [0.1, 0.15) is 17.9 Å². The predicted molar refractivity (Wildman–Crippen MR) is 149 cm³/mol. The van der Waals surface area contributed by atoms with Gasteiger partial charge in [-0.1, -0.05) is 0 Å². The van der Waals surface area contributed by atoms with E-state index in [0.29, 0.717) is 18.3 Å². The molecule has 0 bridgehead atoms. The molecule has 3 aromatic rings. The Kier molecular flexibility index (Phi) is 7.12. The van der Waals surface area contributed by atoms with Gasteiger partial charge in [0.15, 0.2) is 5.82 Å². The normalized spacial score (nSPS) is 17.8. The van der Waals surface area contributed by atoms with Gasteiger partial charge in [0.2, 0.25) is 0 Å². The van der Waals surface area contributed by atoms with Crippen LogP contribution in [0.4, 0.5) is 10.2 Å². The molecular formula is C30H36FN7O2. The first-order valence-electron chi connectivity index (χ1n) is 14.2. The van der Waals surface area contributed by atoms with Crippen molar-refractivity contribution < 1.29 is 13.9 Å². The molecule has 2 aliphatic heterocycles. The second-order valence-corrected chi connectivity index (χ2v) is 11.7. The molecule has 10 heteroatoms. The molecule has 210 valence electrons. The summed E-state index contributed by atoms with van der Waals surface area (Å²) in [4.78, 5) is 26.1. The van der Waals surface area contributed by atoms with Crippen LogP contribution in [0.2, 0.25) is 0 Å². The lowest BCUT2D eigenvalue weighted by molar-refractivity contribution is 0.0230. The summed E-state index contributed by atoms with van der Waals surface area (Å²) >= 11 is 0. The summed E-state index contributed by atoms with van der Waals surface area (Å²) < 4.78 is 20.3. The highest BCUT2D eigenvalue weighted by Gasteiger charge is 2.53. The van der Waals surface area contributed by atoms with Crippen molar-refractivity contribution >= 4 is 11.7 Å². The van der Waals surface area contributed by atoms with E-state index in [9.17, 15) is 9.18 Å². The van der Waals surface area contributed by atoms with E-state index >= 15 is 0 Å². The van der Waals surface area contributed by atoms with Crippen LogP contribution in [-0.2, 0) is 19.4 Å². The molecule has 0 radical (unpaired) electrons. The van der Waals surface area contributed by atoms with Crippen molar-refractivity contribution in [3.63, 3.8) is 0 Å². The highest BCUT2D eigenvalue weighted by molar-refractivity contribution is 5.97. The maximum Gasteiger partial charge on any atom is 0.282 e. The SMILES string of the molecule is CCN(C(=O)c1cc(F)ccc1Oc1nncnc1N1CC2(CC(Cc3ccnc4c3CNCC4)C2)C1)C(C)C. The third-order valence-corrected chi connectivity index (χ3v) is 8.56. The lowest BCUT2D eigenvalue weighted by Crippen LogP contribution is -2.63. The van der Waals surface area contributed by atoms with Crippen LogP contribution >= 0.6 is 0 Å². The Morgan fingerprint density at radius 3 is 2.85 bits per heavy atom. The van der Waals surface area contributed by atoms with Crippen LogP contribution in [0.3, 0.4) is 0 Å². The zero-order chi connectivity index (χ0) is 27.9. The molecular weight excluding hydrogens is 509 g/mol. The number of ether oxygens (including phenoxy) is 1. The molecule has 0 atom stereocenters. The quantitative estimate of drug-likeness (QED) is 0.451. The first-order chi connectivity index (χ1) is 19.4. The molecule has 0 unspecified atom stereocenters. The Bertz CT molecular complexity index is 1400. The minimum absolute atomic E-state index is 0.0356. The van der Waals surface area contributed by atoms with Gasteiger partial charge in [-0.2, -0.15) is 0 Å². The smallest absolute Gasteiger partial charge is 0.282 e. The second-order valence-electron chi connectivity index (χ2n) is 11.7. The van der Waals surface area contributed by atoms with Crippen molar-refractivity contribution in [2.24, 2.45) is 11.3 Å². The van der Waals surface area contributed by atoms with Gasteiger partial charge in [-0.15, -0.1) is 10.2 Å². The van der Waals surface area contributed by atoms with Crippen molar-refractivity contribution in [1.29, 1.82) is 0 Å². The average Bonchev–Trinajstić information content (AvgIpc) is 2.91. The minimum atomic E-state index is -0.499. The Hall–Kier alpha value is -3.66. The first kappa shape index (κ1) is 26.6. The number of amides is 1. The first-order valence-corrected chi connectivity index (χ1v) is 14.2. The Morgan fingerprint density at radius 1 is 1.25 bits per heavy atom. The monoisotopic (exact) mass is 545 g/mol. The number of aromatic nitrogens is 4. The molecule has 1 saturated heterocycles. The molecule has 1 spiro atoms. The van der Waals surface area contributed by atoms with Gasteiger partial charge < -0.3 is 19.9 Å². The number of anilines is 1. The van der Waals surface area contributed by atoms with E-state index in [2.05, 4.69) is 36.4 Å². The zero-order valence-electron chi connectivity index (χ0n) is 23.4. The largest absolute Gasteiger partial charge is 0.434 e. The van der Waals surface area contributed by atoms with Gasteiger partial charge in [-0.3, -0.25) is 9.78 Å². The van der Waals surface area contributed by atoms with Gasteiger partial charge in [-0.05, 0) is 81.3 Å². The number of pyridine rings is 1. The number of benzene rings is 1. The highest BCUT2D eigenvalue weighted by atomic mass is 19.1. The van der Waals surface area contributed by atoms with Gasteiger partial charge in [-0.25, -0.2) is 9.37 Å². The summed E-state index contributed by atoms with van der Waals surface area (Å²) in [6.07, 6.45) is 7.84. The maximum atomic E-state index is 14.2. The second kappa shape index (κ2) is 10.7. The summed E-state index contributed by atoms with van der Waals surface area (Å²) in [5, 5.41) is 11.6. The molecule has 1 aromatic carbocycles. The number of carbonyl (C=O) groups is 1. The average molecular weight is 546 g/mol. The molecule has 2 aromatic heterocycles. The molecule has 1 aliphatic carbocycles. The van der Waals surface area contributed by atoms with Crippen LogP contribution in [0.15, 0.2) is 36.8 Å². The van der Waals surface area contributed by atoms with Crippen LogP contribution < -0.4 is 15.0 Å². The molecule has 3 aliphatic rings. The number of nitrogens with one attached hydrogen (secondary N) is 1. The number of hydrogen-bond acceptors (Lipinski definition) is 8. The Labute approximate surface area is 234 Å². The summed E-state index contributed by atoms with van der Waals surface area (Å²) in [5.41, 5.74) is 4.53. The van der Waals surface area contributed by atoms with Gasteiger partial charge >= 0.3 is 0 Å². The predicted octanol–water partition coefficient (Wildman–Crippen LogP) is 4.17. The molecule has 1 N–H and O–H groups in total. The molecule has 9 nitrogen and oxygen atoms in total. The molecule has 6 rings (SSSR count). The number of halogens is 1. The fraction of sp³-hybridized carbons (Fsp3) is 0.500.